The number of aliphatic imine (C=N–C) groups is 1. The molecule has 0 amide bonds. The molecule has 12 heavy (non-hydrogen) atoms. The standard InChI is InChI=1S/C8H20N4/c1-6(11-3)4-5-7(2)12-8(9)10/h6-7,11H,4-5H2,1-3H3,(H4,9,10,12). The lowest BCUT2D eigenvalue weighted by atomic mass is 10.1. The van der Waals surface area contributed by atoms with Gasteiger partial charge in [-0.25, -0.2) is 0 Å². The molecule has 0 bridgehead atoms. The summed E-state index contributed by atoms with van der Waals surface area (Å²) in [5.41, 5.74) is 10.5. The molecule has 5 N–H and O–H groups in total. The Hall–Kier alpha value is -0.770. The van der Waals surface area contributed by atoms with E-state index in [1.807, 2.05) is 14.0 Å². The minimum Gasteiger partial charge on any atom is -0.370 e. The summed E-state index contributed by atoms with van der Waals surface area (Å²) >= 11 is 0. The van der Waals surface area contributed by atoms with Crippen LogP contribution >= 0.6 is 0 Å². The van der Waals surface area contributed by atoms with Gasteiger partial charge in [-0.05, 0) is 33.7 Å². The molecule has 72 valence electrons. The van der Waals surface area contributed by atoms with Crippen LogP contribution in [0.4, 0.5) is 0 Å². The van der Waals surface area contributed by atoms with E-state index in [0.29, 0.717) is 6.04 Å². The van der Waals surface area contributed by atoms with Crippen LogP contribution in [0.2, 0.25) is 0 Å². The molecular formula is C8H20N4. The molecule has 2 atom stereocenters. The molecule has 0 fully saturated rings. The molecular weight excluding hydrogens is 152 g/mol. The largest absolute Gasteiger partial charge is 0.370 e. The summed E-state index contributed by atoms with van der Waals surface area (Å²) in [6.45, 7) is 4.16. The first-order valence-electron chi connectivity index (χ1n) is 4.32. The zero-order chi connectivity index (χ0) is 9.56. The normalized spacial score (nSPS) is 15.2. The van der Waals surface area contributed by atoms with Crippen molar-refractivity contribution in [3.63, 3.8) is 0 Å². The van der Waals surface area contributed by atoms with E-state index in [9.17, 15) is 0 Å². The zero-order valence-electron chi connectivity index (χ0n) is 8.17. The van der Waals surface area contributed by atoms with Crippen LogP contribution in [-0.2, 0) is 0 Å². The van der Waals surface area contributed by atoms with Crippen LogP contribution < -0.4 is 16.8 Å². The lowest BCUT2D eigenvalue weighted by molar-refractivity contribution is 0.509. The van der Waals surface area contributed by atoms with Crippen LogP contribution in [0.3, 0.4) is 0 Å². The Morgan fingerprint density at radius 3 is 2.33 bits per heavy atom. The fourth-order valence-corrected chi connectivity index (χ4v) is 0.955. The van der Waals surface area contributed by atoms with Crippen LogP contribution in [0.5, 0.6) is 0 Å². The summed E-state index contributed by atoms with van der Waals surface area (Å²) in [6.07, 6.45) is 2.11. The number of nitrogens with one attached hydrogen (secondary N) is 1. The highest BCUT2D eigenvalue weighted by molar-refractivity contribution is 5.75. The van der Waals surface area contributed by atoms with Gasteiger partial charge < -0.3 is 16.8 Å². The van der Waals surface area contributed by atoms with E-state index >= 15 is 0 Å². The smallest absolute Gasteiger partial charge is 0.186 e. The second kappa shape index (κ2) is 5.83. The Morgan fingerprint density at radius 1 is 1.33 bits per heavy atom. The van der Waals surface area contributed by atoms with E-state index in [0.717, 1.165) is 12.8 Å². The van der Waals surface area contributed by atoms with E-state index in [-0.39, 0.29) is 12.0 Å². The molecule has 0 aromatic heterocycles. The van der Waals surface area contributed by atoms with Gasteiger partial charge in [0.1, 0.15) is 0 Å². The number of nitrogens with zero attached hydrogens (tertiary/aromatic N) is 1. The summed E-state index contributed by atoms with van der Waals surface area (Å²) in [7, 11) is 1.95. The topological polar surface area (TPSA) is 76.4 Å². The van der Waals surface area contributed by atoms with E-state index in [1.54, 1.807) is 0 Å². The van der Waals surface area contributed by atoms with E-state index in [1.165, 1.54) is 0 Å². The predicted molar refractivity (Wildman–Crippen MR) is 53.0 cm³/mol. The maximum absolute atomic E-state index is 5.24. The van der Waals surface area contributed by atoms with Gasteiger partial charge in [-0.15, -0.1) is 0 Å². The van der Waals surface area contributed by atoms with Gasteiger partial charge in [0.15, 0.2) is 5.96 Å². The molecule has 0 saturated carbocycles. The quantitative estimate of drug-likeness (QED) is 0.405. The summed E-state index contributed by atoms with van der Waals surface area (Å²) in [5, 5.41) is 3.16. The second-order valence-corrected chi connectivity index (χ2v) is 3.17. The molecule has 0 heterocycles. The Morgan fingerprint density at radius 2 is 1.92 bits per heavy atom. The third-order valence-corrected chi connectivity index (χ3v) is 1.88. The van der Waals surface area contributed by atoms with Crippen molar-refractivity contribution in [3.8, 4) is 0 Å². The average molecular weight is 172 g/mol. The molecule has 0 aromatic rings. The van der Waals surface area contributed by atoms with Crippen LogP contribution in [0.15, 0.2) is 4.99 Å². The van der Waals surface area contributed by atoms with Gasteiger partial charge in [0.25, 0.3) is 0 Å². The Balaban J connectivity index is 3.57. The molecule has 0 radical (unpaired) electrons. The molecule has 0 saturated heterocycles. The maximum atomic E-state index is 5.24. The zero-order valence-corrected chi connectivity index (χ0v) is 8.17. The number of rotatable bonds is 5. The summed E-state index contributed by atoms with van der Waals surface area (Å²) in [5.74, 6) is 0.180. The van der Waals surface area contributed by atoms with E-state index in [2.05, 4.69) is 17.2 Å². The van der Waals surface area contributed by atoms with Gasteiger partial charge >= 0.3 is 0 Å². The fraction of sp³-hybridized carbons (Fsp3) is 0.875. The highest BCUT2D eigenvalue weighted by Crippen LogP contribution is 2.03. The molecule has 0 aliphatic heterocycles. The molecule has 0 spiro atoms. The van der Waals surface area contributed by atoms with Gasteiger partial charge in [-0.1, -0.05) is 0 Å². The average Bonchev–Trinajstić information content (AvgIpc) is 1.99. The molecule has 0 aromatic carbocycles. The van der Waals surface area contributed by atoms with Crippen molar-refractivity contribution in [2.75, 3.05) is 7.05 Å². The Kier molecular flexibility index (Phi) is 5.45. The van der Waals surface area contributed by atoms with E-state index < -0.39 is 0 Å². The molecule has 0 aliphatic rings. The monoisotopic (exact) mass is 172 g/mol. The Bertz CT molecular complexity index is 140. The van der Waals surface area contributed by atoms with Gasteiger partial charge in [-0.3, -0.25) is 4.99 Å². The molecule has 2 unspecified atom stereocenters. The van der Waals surface area contributed by atoms with Crippen molar-refractivity contribution < 1.29 is 0 Å². The fourth-order valence-electron chi connectivity index (χ4n) is 0.955. The summed E-state index contributed by atoms with van der Waals surface area (Å²) in [6, 6.07) is 0.757. The summed E-state index contributed by atoms with van der Waals surface area (Å²) < 4.78 is 0. The highest BCUT2D eigenvalue weighted by Gasteiger charge is 2.03. The van der Waals surface area contributed by atoms with Gasteiger partial charge in [0.05, 0.1) is 6.04 Å². The van der Waals surface area contributed by atoms with Crippen molar-refractivity contribution in [2.24, 2.45) is 16.5 Å². The third kappa shape index (κ3) is 5.97. The molecule has 0 aliphatic carbocycles. The number of hydrogen-bond donors (Lipinski definition) is 3. The van der Waals surface area contributed by atoms with Crippen LogP contribution in [0.25, 0.3) is 0 Å². The predicted octanol–water partition coefficient (Wildman–Crippen LogP) is 0.0364. The number of hydrogen-bond acceptors (Lipinski definition) is 2. The van der Waals surface area contributed by atoms with E-state index in [4.69, 9.17) is 11.5 Å². The first-order chi connectivity index (χ1) is 5.56. The Labute approximate surface area is 74.4 Å². The lowest BCUT2D eigenvalue weighted by Gasteiger charge is -2.11. The SMILES string of the molecule is CNC(C)CCC(C)N=C(N)N. The first kappa shape index (κ1) is 11.2. The van der Waals surface area contributed by atoms with Gasteiger partial charge in [0, 0.05) is 6.04 Å². The maximum Gasteiger partial charge on any atom is 0.186 e. The third-order valence-electron chi connectivity index (χ3n) is 1.88. The van der Waals surface area contributed by atoms with Gasteiger partial charge in [-0.2, -0.15) is 0 Å². The van der Waals surface area contributed by atoms with Crippen LogP contribution in [0, 0.1) is 0 Å². The van der Waals surface area contributed by atoms with Gasteiger partial charge in [0.2, 0.25) is 0 Å². The number of nitrogens with two attached hydrogens (primary N) is 2. The highest BCUT2D eigenvalue weighted by atomic mass is 15.0. The molecule has 4 nitrogen and oxygen atoms in total. The van der Waals surface area contributed by atoms with Crippen molar-refractivity contribution >= 4 is 5.96 Å². The van der Waals surface area contributed by atoms with Crippen LogP contribution in [0.1, 0.15) is 26.7 Å². The van der Waals surface area contributed by atoms with Crippen molar-refractivity contribution in [1.82, 2.24) is 5.32 Å². The number of guanidine groups is 1. The first-order valence-corrected chi connectivity index (χ1v) is 4.32. The molecule has 4 heteroatoms. The summed E-state index contributed by atoms with van der Waals surface area (Å²) in [4.78, 5) is 4.03. The molecule has 0 rings (SSSR count). The van der Waals surface area contributed by atoms with Crippen molar-refractivity contribution in [2.45, 2.75) is 38.8 Å². The van der Waals surface area contributed by atoms with Crippen molar-refractivity contribution in [1.29, 1.82) is 0 Å². The van der Waals surface area contributed by atoms with Crippen molar-refractivity contribution in [3.05, 3.63) is 0 Å². The van der Waals surface area contributed by atoms with Crippen LogP contribution in [-0.4, -0.2) is 25.1 Å². The minimum absolute atomic E-state index is 0.180. The lowest BCUT2D eigenvalue weighted by Crippen LogP contribution is -2.26. The second-order valence-electron chi connectivity index (χ2n) is 3.17. The minimum atomic E-state index is 0.180.